The van der Waals surface area contributed by atoms with Crippen molar-refractivity contribution in [1.82, 2.24) is 5.32 Å². The van der Waals surface area contributed by atoms with E-state index in [1.807, 2.05) is 44.4 Å². The van der Waals surface area contributed by atoms with Crippen molar-refractivity contribution in [3.8, 4) is 0 Å². The van der Waals surface area contributed by atoms with Crippen LogP contribution < -0.4 is 10.2 Å². The van der Waals surface area contributed by atoms with E-state index in [1.54, 1.807) is 23.6 Å². The number of hydrogen-bond donors (Lipinski definition) is 1. The van der Waals surface area contributed by atoms with E-state index in [1.165, 1.54) is 0 Å². The highest BCUT2D eigenvalue weighted by atomic mass is 32.2. The topological polar surface area (TPSA) is 49.4 Å². The fraction of sp³-hybridized carbons (Fsp3) is 0.500. The molecule has 2 amide bonds. The number of amides is 2. The number of piperazine rings is 1. The van der Waals surface area contributed by atoms with E-state index in [0.29, 0.717) is 12.8 Å². The molecule has 1 heterocycles. The average molecular weight is 306 g/mol. The second kappa shape index (κ2) is 6.10. The summed E-state index contributed by atoms with van der Waals surface area (Å²) in [6, 6.07) is 7.37. The summed E-state index contributed by atoms with van der Waals surface area (Å²) in [5.74, 6) is -0.108. The summed E-state index contributed by atoms with van der Waals surface area (Å²) in [6.45, 7) is 5.64. The second-order valence-corrected chi connectivity index (χ2v) is 6.35. The van der Waals surface area contributed by atoms with Crippen LogP contribution in [0.2, 0.25) is 0 Å². The largest absolute Gasteiger partial charge is 0.340 e. The molecule has 2 unspecified atom stereocenters. The van der Waals surface area contributed by atoms with Gasteiger partial charge in [-0.2, -0.15) is 0 Å². The van der Waals surface area contributed by atoms with E-state index in [4.69, 9.17) is 0 Å². The van der Waals surface area contributed by atoms with E-state index in [2.05, 4.69) is 5.32 Å². The highest BCUT2D eigenvalue weighted by Gasteiger charge is 2.46. The minimum Gasteiger partial charge on any atom is -0.340 e. The van der Waals surface area contributed by atoms with Gasteiger partial charge in [-0.3, -0.25) is 14.5 Å². The van der Waals surface area contributed by atoms with Crippen LogP contribution in [-0.4, -0.2) is 29.7 Å². The third kappa shape index (κ3) is 2.79. The number of rotatable bonds is 4. The number of carbonyl (C=O) groups excluding carboxylic acids is 2. The van der Waals surface area contributed by atoms with E-state index < -0.39 is 11.6 Å². The molecule has 1 aliphatic heterocycles. The molecule has 1 aromatic rings. The fourth-order valence-corrected chi connectivity index (χ4v) is 2.99. The standard InChI is InChI=1S/C16H22N2O2S/c1-5-13-14(19)17-16(3,6-2)15(20)18(13)11-7-9-12(21-4)10-8-11/h7-10,13H,5-6H2,1-4H3,(H,17,19). The monoisotopic (exact) mass is 306 g/mol. The maximum atomic E-state index is 12.9. The Hall–Kier alpha value is -1.49. The Morgan fingerprint density at radius 2 is 1.86 bits per heavy atom. The van der Waals surface area contributed by atoms with E-state index in [-0.39, 0.29) is 11.8 Å². The van der Waals surface area contributed by atoms with Crippen LogP contribution in [0.1, 0.15) is 33.6 Å². The summed E-state index contributed by atoms with van der Waals surface area (Å²) in [5.41, 5.74) is -0.0276. The minimum absolute atomic E-state index is 0.0339. The molecule has 114 valence electrons. The van der Waals surface area contributed by atoms with Crippen molar-refractivity contribution in [3.05, 3.63) is 24.3 Å². The molecule has 1 aromatic carbocycles. The predicted octanol–water partition coefficient (Wildman–Crippen LogP) is 2.82. The number of anilines is 1. The first-order chi connectivity index (χ1) is 9.96. The van der Waals surface area contributed by atoms with Gasteiger partial charge in [0.25, 0.3) is 5.91 Å². The molecule has 21 heavy (non-hydrogen) atoms. The Kier molecular flexibility index (Phi) is 4.61. The number of nitrogens with one attached hydrogen (secondary N) is 1. The second-order valence-electron chi connectivity index (χ2n) is 5.47. The van der Waals surface area contributed by atoms with Crippen molar-refractivity contribution in [2.45, 2.75) is 50.1 Å². The lowest BCUT2D eigenvalue weighted by molar-refractivity contribution is -0.138. The molecular formula is C16H22N2O2S. The molecule has 0 saturated carbocycles. The molecular weight excluding hydrogens is 284 g/mol. The van der Waals surface area contributed by atoms with E-state index >= 15 is 0 Å². The molecule has 1 fully saturated rings. The van der Waals surface area contributed by atoms with Crippen LogP contribution in [0.3, 0.4) is 0 Å². The summed E-state index contributed by atoms with van der Waals surface area (Å²) in [7, 11) is 0. The molecule has 0 aliphatic carbocycles. The molecule has 1 aliphatic rings. The van der Waals surface area contributed by atoms with Gasteiger partial charge in [0.05, 0.1) is 0 Å². The van der Waals surface area contributed by atoms with Crippen LogP contribution in [-0.2, 0) is 9.59 Å². The Balaban J connectivity index is 2.43. The third-order valence-corrected chi connectivity index (χ3v) is 4.89. The number of carbonyl (C=O) groups is 2. The van der Waals surface area contributed by atoms with Crippen molar-refractivity contribution in [2.24, 2.45) is 0 Å². The first-order valence-corrected chi connectivity index (χ1v) is 8.49. The smallest absolute Gasteiger partial charge is 0.253 e. The molecule has 0 aromatic heterocycles. The molecule has 1 saturated heterocycles. The zero-order valence-electron chi connectivity index (χ0n) is 13.0. The van der Waals surface area contributed by atoms with Crippen LogP contribution in [0, 0.1) is 0 Å². The zero-order chi connectivity index (χ0) is 15.6. The van der Waals surface area contributed by atoms with Crippen molar-refractivity contribution >= 4 is 29.3 Å². The van der Waals surface area contributed by atoms with Crippen LogP contribution in [0.4, 0.5) is 5.69 Å². The Labute approximate surface area is 130 Å². The molecule has 0 bridgehead atoms. The van der Waals surface area contributed by atoms with Crippen LogP contribution >= 0.6 is 11.8 Å². The number of thioether (sulfide) groups is 1. The average Bonchev–Trinajstić information content (AvgIpc) is 2.50. The van der Waals surface area contributed by atoms with Crippen molar-refractivity contribution in [2.75, 3.05) is 11.2 Å². The summed E-state index contributed by atoms with van der Waals surface area (Å²) in [6.07, 6.45) is 3.19. The number of hydrogen-bond acceptors (Lipinski definition) is 3. The summed E-state index contributed by atoms with van der Waals surface area (Å²) >= 11 is 1.65. The van der Waals surface area contributed by atoms with Gasteiger partial charge in [-0.25, -0.2) is 0 Å². The van der Waals surface area contributed by atoms with Crippen molar-refractivity contribution in [1.29, 1.82) is 0 Å². The van der Waals surface area contributed by atoms with Gasteiger partial charge in [0, 0.05) is 10.6 Å². The number of nitrogens with zero attached hydrogens (tertiary/aromatic N) is 1. The summed E-state index contributed by atoms with van der Waals surface area (Å²) in [4.78, 5) is 28.0. The van der Waals surface area contributed by atoms with Gasteiger partial charge in [-0.05, 0) is 50.3 Å². The predicted molar refractivity (Wildman–Crippen MR) is 86.6 cm³/mol. The van der Waals surface area contributed by atoms with E-state index in [9.17, 15) is 9.59 Å². The van der Waals surface area contributed by atoms with Crippen LogP contribution in [0.15, 0.2) is 29.2 Å². The van der Waals surface area contributed by atoms with Gasteiger partial charge < -0.3 is 5.32 Å². The summed E-state index contributed by atoms with van der Waals surface area (Å²) in [5, 5.41) is 2.88. The van der Waals surface area contributed by atoms with Crippen LogP contribution in [0.5, 0.6) is 0 Å². The first kappa shape index (κ1) is 15.9. The van der Waals surface area contributed by atoms with Gasteiger partial charge in [0.1, 0.15) is 11.6 Å². The Morgan fingerprint density at radius 3 is 2.33 bits per heavy atom. The maximum absolute atomic E-state index is 12.9. The number of benzene rings is 1. The highest BCUT2D eigenvalue weighted by molar-refractivity contribution is 7.98. The van der Waals surface area contributed by atoms with Crippen molar-refractivity contribution < 1.29 is 9.59 Å². The lowest BCUT2D eigenvalue weighted by atomic mass is 9.90. The van der Waals surface area contributed by atoms with Crippen LogP contribution in [0.25, 0.3) is 0 Å². The SMILES string of the molecule is CCC1C(=O)NC(C)(CC)C(=O)N1c1ccc(SC)cc1. The minimum atomic E-state index is -0.819. The highest BCUT2D eigenvalue weighted by Crippen LogP contribution is 2.29. The van der Waals surface area contributed by atoms with Crippen molar-refractivity contribution in [3.63, 3.8) is 0 Å². The zero-order valence-corrected chi connectivity index (χ0v) is 13.8. The summed E-state index contributed by atoms with van der Waals surface area (Å²) < 4.78 is 0. The van der Waals surface area contributed by atoms with Gasteiger partial charge >= 0.3 is 0 Å². The molecule has 0 radical (unpaired) electrons. The Bertz CT molecular complexity index is 544. The van der Waals surface area contributed by atoms with Gasteiger partial charge in [0.2, 0.25) is 5.91 Å². The van der Waals surface area contributed by atoms with Gasteiger partial charge in [-0.15, -0.1) is 11.8 Å². The molecule has 2 atom stereocenters. The normalized spacial score (nSPS) is 25.9. The lowest BCUT2D eigenvalue weighted by Gasteiger charge is -2.43. The van der Waals surface area contributed by atoms with E-state index in [0.717, 1.165) is 10.6 Å². The lowest BCUT2D eigenvalue weighted by Crippen LogP contribution is -2.69. The molecule has 2 rings (SSSR count). The fourth-order valence-electron chi connectivity index (χ4n) is 2.58. The Morgan fingerprint density at radius 1 is 1.24 bits per heavy atom. The maximum Gasteiger partial charge on any atom is 0.253 e. The molecule has 1 N–H and O–H groups in total. The van der Waals surface area contributed by atoms with Gasteiger partial charge in [0.15, 0.2) is 0 Å². The molecule has 0 spiro atoms. The van der Waals surface area contributed by atoms with Gasteiger partial charge in [-0.1, -0.05) is 13.8 Å². The quantitative estimate of drug-likeness (QED) is 0.870. The molecule has 4 nitrogen and oxygen atoms in total. The molecule has 5 heteroatoms. The third-order valence-electron chi connectivity index (χ3n) is 4.15. The first-order valence-electron chi connectivity index (χ1n) is 7.26.